The molecular weight excluding hydrogens is 378 g/mol. The third-order valence-electron chi connectivity index (χ3n) is 4.27. The van der Waals surface area contributed by atoms with Crippen LogP contribution in [0.3, 0.4) is 0 Å². The zero-order chi connectivity index (χ0) is 17.6. The summed E-state index contributed by atoms with van der Waals surface area (Å²) in [6.45, 7) is 4.85. The SMILES string of the molecule is CCC(C(C)OCc1ccccc1)n1cnc(-c2ccc(Br)cc2)n1. The van der Waals surface area contributed by atoms with E-state index in [0.29, 0.717) is 6.61 Å². The molecule has 1 heterocycles. The Kier molecular flexibility index (Phi) is 6.00. The number of nitrogens with zero attached hydrogens (tertiary/aromatic N) is 3. The van der Waals surface area contributed by atoms with E-state index in [4.69, 9.17) is 4.74 Å². The molecule has 2 atom stereocenters. The average molecular weight is 400 g/mol. The van der Waals surface area contributed by atoms with Crippen molar-refractivity contribution < 1.29 is 4.74 Å². The number of hydrogen-bond donors (Lipinski definition) is 0. The fraction of sp³-hybridized carbons (Fsp3) is 0.300. The van der Waals surface area contributed by atoms with Gasteiger partial charge in [0.2, 0.25) is 0 Å². The van der Waals surface area contributed by atoms with Crippen molar-refractivity contribution in [3.63, 3.8) is 0 Å². The van der Waals surface area contributed by atoms with E-state index in [1.807, 2.05) is 47.1 Å². The summed E-state index contributed by atoms with van der Waals surface area (Å²) in [7, 11) is 0. The van der Waals surface area contributed by atoms with E-state index in [1.165, 1.54) is 5.56 Å². The van der Waals surface area contributed by atoms with Crippen molar-refractivity contribution in [2.24, 2.45) is 0 Å². The van der Waals surface area contributed by atoms with Gasteiger partial charge < -0.3 is 4.74 Å². The van der Waals surface area contributed by atoms with Crippen LogP contribution in [0.2, 0.25) is 0 Å². The Labute approximate surface area is 157 Å². The van der Waals surface area contributed by atoms with Crippen LogP contribution < -0.4 is 0 Å². The summed E-state index contributed by atoms with van der Waals surface area (Å²) < 4.78 is 9.04. The van der Waals surface area contributed by atoms with Gasteiger partial charge in [-0.2, -0.15) is 5.10 Å². The predicted octanol–water partition coefficient (Wildman–Crippen LogP) is 5.26. The summed E-state index contributed by atoms with van der Waals surface area (Å²) >= 11 is 3.45. The lowest BCUT2D eigenvalue weighted by Crippen LogP contribution is -2.24. The van der Waals surface area contributed by atoms with Crippen molar-refractivity contribution in [3.05, 3.63) is 71.0 Å². The Hall–Kier alpha value is -1.98. The zero-order valence-electron chi connectivity index (χ0n) is 14.5. The fourth-order valence-corrected chi connectivity index (χ4v) is 3.08. The molecule has 25 heavy (non-hydrogen) atoms. The molecule has 0 bridgehead atoms. The van der Waals surface area contributed by atoms with Crippen molar-refractivity contribution in [3.8, 4) is 11.4 Å². The Bertz CT molecular complexity index is 786. The predicted molar refractivity (Wildman–Crippen MR) is 103 cm³/mol. The van der Waals surface area contributed by atoms with Gasteiger partial charge in [-0.25, -0.2) is 9.67 Å². The van der Waals surface area contributed by atoms with Crippen molar-refractivity contribution in [1.82, 2.24) is 14.8 Å². The lowest BCUT2D eigenvalue weighted by atomic mass is 10.1. The molecule has 0 amide bonds. The maximum absolute atomic E-state index is 6.07. The number of aromatic nitrogens is 3. The maximum atomic E-state index is 6.07. The molecule has 3 aromatic rings. The van der Waals surface area contributed by atoms with Crippen LogP contribution in [0, 0.1) is 0 Å². The molecular formula is C20H22BrN3O. The van der Waals surface area contributed by atoms with Gasteiger partial charge in [-0.15, -0.1) is 0 Å². The Morgan fingerprint density at radius 1 is 1.08 bits per heavy atom. The van der Waals surface area contributed by atoms with Crippen LogP contribution in [0.1, 0.15) is 31.9 Å². The third kappa shape index (κ3) is 4.55. The molecule has 0 aliphatic rings. The van der Waals surface area contributed by atoms with Crippen molar-refractivity contribution in [2.45, 2.75) is 39.0 Å². The first kappa shape index (κ1) is 17.8. The summed E-state index contributed by atoms with van der Waals surface area (Å²) in [4.78, 5) is 4.47. The number of halogens is 1. The van der Waals surface area contributed by atoms with Gasteiger partial charge in [-0.3, -0.25) is 0 Å². The molecule has 0 saturated heterocycles. The first-order valence-electron chi connectivity index (χ1n) is 8.50. The monoisotopic (exact) mass is 399 g/mol. The quantitative estimate of drug-likeness (QED) is 0.543. The second-order valence-electron chi connectivity index (χ2n) is 6.03. The van der Waals surface area contributed by atoms with Crippen LogP contribution in [0.25, 0.3) is 11.4 Å². The van der Waals surface area contributed by atoms with Gasteiger partial charge in [0, 0.05) is 10.0 Å². The van der Waals surface area contributed by atoms with Crippen LogP contribution in [0.15, 0.2) is 65.4 Å². The number of hydrogen-bond acceptors (Lipinski definition) is 3. The Morgan fingerprint density at radius 3 is 2.48 bits per heavy atom. The molecule has 2 unspecified atom stereocenters. The molecule has 0 N–H and O–H groups in total. The highest BCUT2D eigenvalue weighted by Gasteiger charge is 2.20. The highest BCUT2D eigenvalue weighted by molar-refractivity contribution is 9.10. The van der Waals surface area contributed by atoms with Crippen LogP contribution in [0.4, 0.5) is 0 Å². The lowest BCUT2D eigenvalue weighted by Gasteiger charge is -2.23. The molecule has 5 heteroatoms. The first-order valence-corrected chi connectivity index (χ1v) is 9.29. The van der Waals surface area contributed by atoms with Gasteiger partial charge in [0.1, 0.15) is 6.33 Å². The molecule has 0 spiro atoms. The Morgan fingerprint density at radius 2 is 1.80 bits per heavy atom. The summed E-state index contributed by atoms with van der Waals surface area (Å²) in [6, 6.07) is 18.4. The van der Waals surface area contributed by atoms with E-state index in [9.17, 15) is 0 Å². The van der Waals surface area contributed by atoms with Crippen molar-refractivity contribution >= 4 is 15.9 Å². The lowest BCUT2D eigenvalue weighted by molar-refractivity contribution is 0.0128. The van der Waals surface area contributed by atoms with Gasteiger partial charge in [0.05, 0.1) is 18.8 Å². The van der Waals surface area contributed by atoms with E-state index in [2.05, 4.69) is 52.0 Å². The minimum atomic E-state index is 0.0460. The van der Waals surface area contributed by atoms with E-state index >= 15 is 0 Å². The van der Waals surface area contributed by atoms with E-state index in [0.717, 1.165) is 22.3 Å². The molecule has 0 fully saturated rings. The molecule has 0 aliphatic heterocycles. The standard InChI is InChI=1S/C20H22BrN3O/c1-3-19(15(2)25-13-16-7-5-4-6-8-16)24-14-22-20(23-24)17-9-11-18(21)12-10-17/h4-12,14-15,19H,3,13H2,1-2H3. The highest BCUT2D eigenvalue weighted by Crippen LogP contribution is 2.22. The third-order valence-corrected chi connectivity index (χ3v) is 4.80. The van der Waals surface area contributed by atoms with Crippen molar-refractivity contribution in [1.29, 1.82) is 0 Å². The zero-order valence-corrected chi connectivity index (χ0v) is 16.1. The molecule has 0 radical (unpaired) electrons. The molecule has 1 aromatic heterocycles. The van der Waals surface area contributed by atoms with Crippen LogP contribution >= 0.6 is 15.9 Å². The second-order valence-corrected chi connectivity index (χ2v) is 6.95. The largest absolute Gasteiger partial charge is 0.372 e. The maximum Gasteiger partial charge on any atom is 0.181 e. The number of rotatable bonds is 7. The molecule has 130 valence electrons. The Balaban J connectivity index is 1.69. The first-order chi connectivity index (χ1) is 12.2. The topological polar surface area (TPSA) is 39.9 Å². The minimum Gasteiger partial charge on any atom is -0.372 e. The molecule has 2 aromatic carbocycles. The molecule has 4 nitrogen and oxygen atoms in total. The van der Waals surface area contributed by atoms with Gasteiger partial charge in [-0.05, 0) is 31.0 Å². The summed E-state index contributed by atoms with van der Waals surface area (Å²) in [6.07, 6.45) is 2.78. The van der Waals surface area contributed by atoms with Crippen molar-refractivity contribution in [2.75, 3.05) is 0 Å². The van der Waals surface area contributed by atoms with E-state index in [1.54, 1.807) is 6.33 Å². The van der Waals surface area contributed by atoms with Gasteiger partial charge in [-0.1, -0.05) is 65.3 Å². The molecule has 3 rings (SSSR count). The van der Waals surface area contributed by atoms with E-state index < -0.39 is 0 Å². The smallest absolute Gasteiger partial charge is 0.181 e. The minimum absolute atomic E-state index is 0.0460. The normalized spacial score (nSPS) is 13.6. The van der Waals surface area contributed by atoms with Crippen LogP contribution in [-0.4, -0.2) is 20.9 Å². The fourth-order valence-electron chi connectivity index (χ4n) is 2.81. The second kappa shape index (κ2) is 8.41. The van der Waals surface area contributed by atoms with Gasteiger partial charge in [0.15, 0.2) is 5.82 Å². The average Bonchev–Trinajstić information content (AvgIpc) is 3.12. The summed E-state index contributed by atoms with van der Waals surface area (Å²) in [5, 5.41) is 4.67. The summed E-state index contributed by atoms with van der Waals surface area (Å²) in [5.74, 6) is 0.737. The van der Waals surface area contributed by atoms with Gasteiger partial charge >= 0.3 is 0 Å². The van der Waals surface area contributed by atoms with Crippen LogP contribution in [-0.2, 0) is 11.3 Å². The highest BCUT2D eigenvalue weighted by atomic mass is 79.9. The van der Waals surface area contributed by atoms with Gasteiger partial charge in [0.25, 0.3) is 0 Å². The number of benzene rings is 2. The molecule has 0 aliphatic carbocycles. The molecule has 0 saturated carbocycles. The van der Waals surface area contributed by atoms with E-state index in [-0.39, 0.29) is 12.1 Å². The van der Waals surface area contributed by atoms with Crippen LogP contribution in [0.5, 0.6) is 0 Å². The summed E-state index contributed by atoms with van der Waals surface area (Å²) in [5.41, 5.74) is 2.19. The number of ether oxygens (including phenoxy) is 1.